The van der Waals surface area contributed by atoms with Crippen LogP contribution in [0.2, 0.25) is 0 Å². The van der Waals surface area contributed by atoms with Crippen molar-refractivity contribution in [1.29, 1.82) is 0 Å². The number of sulfonamides is 1. The van der Waals surface area contributed by atoms with Crippen LogP contribution in [0, 0.1) is 0 Å². The maximum absolute atomic E-state index is 11.2. The van der Waals surface area contributed by atoms with Crippen molar-refractivity contribution in [2.24, 2.45) is 10.9 Å². The average Bonchev–Trinajstić information content (AvgIpc) is 2.61. The Morgan fingerprint density at radius 1 is 1.12 bits per heavy atom. The van der Waals surface area contributed by atoms with Gasteiger partial charge in [0.2, 0.25) is 10.0 Å². The summed E-state index contributed by atoms with van der Waals surface area (Å²) in [7, 11) is -3.70. The standard InChI is InChI=1S/C17H20N2O5S/c18-14(17-11-23-15-3-1-2-4-16(15)24-17)9-10-22-12-5-7-13(8-6-12)25(19,20)21/h1-8,14,17H,9-11,18H2,(H2,19,20,21). The molecule has 0 fully saturated rings. The number of benzene rings is 2. The second kappa shape index (κ2) is 7.30. The summed E-state index contributed by atoms with van der Waals surface area (Å²) in [5.74, 6) is 1.96. The Labute approximate surface area is 146 Å². The van der Waals surface area contributed by atoms with Gasteiger partial charge in [-0.15, -0.1) is 0 Å². The van der Waals surface area contributed by atoms with E-state index in [-0.39, 0.29) is 17.0 Å². The minimum absolute atomic E-state index is 0.0444. The van der Waals surface area contributed by atoms with Crippen LogP contribution < -0.4 is 25.1 Å². The van der Waals surface area contributed by atoms with Crippen molar-refractivity contribution in [2.45, 2.75) is 23.5 Å². The van der Waals surface area contributed by atoms with Crippen molar-refractivity contribution < 1.29 is 22.6 Å². The normalized spacial score (nSPS) is 17.8. The number of fused-ring (bicyclic) bond motifs is 1. The zero-order chi connectivity index (χ0) is 17.9. The highest BCUT2D eigenvalue weighted by atomic mass is 32.2. The van der Waals surface area contributed by atoms with Gasteiger partial charge in [0.15, 0.2) is 11.5 Å². The van der Waals surface area contributed by atoms with Gasteiger partial charge in [-0.1, -0.05) is 12.1 Å². The van der Waals surface area contributed by atoms with Crippen molar-refractivity contribution in [3.8, 4) is 17.2 Å². The second-order valence-electron chi connectivity index (χ2n) is 5.73. The molecule has 7 nitrogen and oxygen atoms in total. The molecule has 0 amide bonds. The van der Waals surface area contributed by atoms with Gasteiger partial charge in [-0.05, 0) is 36.4 Å². The van der Waals surface area contributed by atoms with Crippen molar-refractivity contribution in [3.05, 3.63) is 48.5 Å². The summed E-state index contributed by atoms with van der Waals surface area (Å²) >= 11 is 0. The summed E-state index contributed by atoms with van der Waals surface area (Å²) in [6, 6.07) is 13.1. The molecule has 1 aliphatic heterocycles. The number of hydrogen-bond donors (Lipinski definition) is 2. The van der Waals surface area contributed by atoms with Crippen LogP contribution in [0.4, 0.5) is 0 Å². The topological polar surface area (TPSA) is 114 Å². The minimum Gasteiger partial charge on any atom is -0.494 e. The molecule has 2 aromatic carbocycles. The molecule has 0 radical (unpaired) electrons. The number of rotatable bonds is 6. The lowest BCUT2D eigenvalue weighted by Crippen LogP contribution is -2.45. The molecule has 0 aliphatic carbocycles. The van der Waals surface area contributed by atoms with Crippen molar-refractivity contribution in [1.82, 2.24) is 0 Å². The molecule has 0 saturated carbocycles. The van der Waals surface area contributed by atoms with E-state index in [0.717, 1.165) is 5.75 Å². The number of ether oxygens (including phenoxy) is 3. The third kappa shape index (κ3) is 4.41. The van der Waals surface area contributed by atoms with Crippen LogP contribution in [0.3, 0.4) is 0 Å². The molecule has 25 heavy (non-hydrogen) atoms. The van der Waals surface area contributed by atoms with Gasteiger partial charge in [0.25, 0.3) is 0 Å². The van der Waals surface area contributed by atoms with E-state index in [1.807, 2.05) is 24.3 Å². The zero-order valence-electron chi connectivity index (χ0n) is 13.5. The molecule has 1 aliphatic rings. The molecule has 0 saturated heterocycles. The number of hydrogen-bond acceptors (Lipinski definition) is 6. The van der Waals surface area contributed by atoms with E-state index >= 15 is 0 Å². The third-order valence-corrected chi connectivity index (χ3v) is 4.81. The van der Waals surface area contributed by atoms with E-state index in [9.17, 15) is 8.42 Å². The molecule has 8 heteroatoms. The van der Waals surface area contributed by atoms with Gasteiger partial charge in [-0.2, -0.15) is 0 Å². The van der Waals surface area contributed by atoms with E-state index in [1.54, 1.807) is 12.1 Å². The van der Waals surface area contributed by atoms with Crippen LogP contribution >= 0.6 is 0 Å². The minimum atomic E-state index is -3.70. The highest BCUT2D eigenvalue weighted by Crippen LogP contribution is 2.31. The fourth-order valence-electron chi connectivity index (χ4n) is 2.47. The average molecular weight is 364 g/mol. The van der Waals surface area contributed by atoms with E-state index in [2.05, 4.69) is 0 Å². The van der Waals surface area contributed by atoms with E-state index in [0.29, 0.717) is 31.1 Å². The summed E-state index contributed by atoms with van der Waals surface area (Å²) in [5, 5.41) is 5.05. The van der Waals surface area contributed by atoms with Crippen LogP contribution in [0.15, 0.2) is 53.4 Å². The first-order chi connectivity index (χ1) is 11.9. The van der Waals surface area contributed by atoms with Gasteiger partial charge in [0.05, 0.1) is 11.5 Å². The first-order valence-corrected chi connectivity index (χ1v) is 9.38. The largest absolute Gasteiger partial charge is 0.494 e. The van der Waals surface area contributed by atoms with Crippen molar-refractivity contribution in [3.63, 3.8) is 0 Å². The van der Waals surface area contributed by atoms with Crippen molar-refractivity contribution in [2.75, 3.05) is 13.2 Å². The maximum atomic E-state index is 11.2. The number of nitrogens with two attached hydrogens (primary N) is 2. The fraction of sp³-hybridized carbons (Fsp3) is 0.294. The predicted octanol–water partition coefficient (Wildman–Crippen LogP) is 1.27. The van der Waals surface area contributed by atoms with Gasteiger partial charge in [0.1, 0.15) is 18.5 Å². The quantitative estimate of drug-likeness (QED) is 0.798. The van der Waals surface area contributed by atoms with E-state index in [4.69, 9.17) is 25.1 Å². The summed E-state index contributed by atoms with van der Waals surface area (Å²) in [5.41, 5.74) is 6.17. The van der Waals surface area contributed by atoms with E-state index < -0.39 is 10.0 Å². The molecule has 4 N–H and O–H groups in total. The Kier molecular flexibility index (Phi) is 5.12. The van der Waals surface area contributed by atoms with Gasteiger partial charge < -0.3 is 19.9 Å². The van der Waals surface area contributed by atoms with Gasteiger partial charge in [0, 0.05) is 12.5 Å². The lowest BCUT2D eigenvalue weighted by Gasteiger charge is -2.30. The monoisotopic (exact) mass is 364 g/mol. The Hall–Kier alpha value is -2.29. The highest BCUT2D eigenvalue weighted by molar-refractivity contribution is 7.89. The molecule has 2 unspecified atom stereocenters. The molecular formula is C17H20N2O5S. The van der Waals surface area contributed by atoms with Crippen LogP contribution in [-0.2, 0) is 10.0 Å². The second-order valence-corrected chi connectivity index (χ2v) is 7.29. The summed E-state index contributed by atoms with van der Waals surface area (Å²) in [6.45, 7) is 0.763. The molecule has 0 bridgehead atoms. The first-order valence-electron chi connectivity index (χ1n) is 7.83. The number of para-hydroxylation sites is 2. The molecule has 2 atom stereocenters. The van der Waals surface area contributed by atoms with Gasteiger partial charge in [-0.3, -0.25) is 0 Å². The molecule has 2 aromatic rings. The number of primary sulfonamides is 1. The zero-order valence-corrected chi connectivity index (χ0v) is 14.3. The molecule has 0 aromatic heterocycles. The SMILES string of the molecule is NC(CCOc1ccc(S(N)(=O)=O)cc1)C1COc2ccccc2O1. The smallest absolute Gasteiger partial charge is 0.238 e. The predicted molar refractivity (Wildman–Crippen MR) is 92.3 cm³/mol. The van der Waals surface area contributed by atoms with Gasteiger partial charge in [-0.25, -0.2) is 13.6 Å². The summed E-state index contributed by atoms with van der Waals surface area (Å²) < 4.78 is 39.5. The Morgan fingerprint density at radius 2 is 1.80 bits per heavy atom. The lowest BCUT2D eigenvalue weighted by atomic mass is 10.1. The van der Waals surface area contributed by atoms with Crippen LogP contribution in [0.25, 0.3) is 0 Å². The lowest BCUT2D eigenvalue weighted by molar-refractivity contribution is 0.0662. The molecular weight excluding hydrogens is 344 g/mol. The molecule has 3 rings (SSSR count). The highest BCUT2D eigenvalue weighted by Gasteiger charge is 2.26. The van der Waals surface area contributed by atoms with Crippen molar-refractivity contribution >= 4 is 10.0 Å². The van der Waals surface area contributed by atoms with E-state index in [1.165, 1.54) is 12.1 Å². The maximum Gasteiger partial charge on any atom is 0.238 e. The van der Waals surface area contributed by atoms with Crippen LogP contribution in [-0.4, -0.2) is 33.8 Å². The Bertz CT molecular complexity index is 823. The Morgan fingerprint density at radius 3 is 2.48 bits per heavy atom. The fourth-order valence-corrected chi connectivity index (χ4v) is 2.99. The molecule has 0 spiro atoms. The van der Waals surface area contributed by atoms with Crippen LogP contribution in [0.5, 0.6) is 17.2 Å². The summed E-state index contributed by atoms with van der Waals surface area (Å²) in [4.78, 5) is 0.0444. The molecule has 1 heterocycles. The Balaban J connectivity index is 1.49. The summed E-state index contributed by atoms with van der Waals surface area (Å²) in [6.07, 6.45) is 0.316. The molecule has 134 valence electrons. The van der Waals surface area contributed by atoms with Crippen LogP contribution in [0.1, 0.15) is 6.42 Å². The first kappa shape index (κ1) is 17.5. The van der Waals surface area contributed by atoms with Gasteiger partial charge >= 0.3 is 0 Å². The third-order valence-electron chi connectivity index (χ3n) is 3.88.